The molecule has 3 rings (SSSR count). The Bertz CT molecular complexity index is 812. The maximum atomic E-state index is 12.4. The molecule has 0 fully saturated rings. The Hall–Kier alpha value is -2.89. The molecule has 6 heteroatoms. The number of hydrogen-bond donors (Lipinski definition) is 2. The van der Waals surface area contributed by atoms with Gasteiger partial charge in [-0.05, 0) is 32.0 Å². The van der Waals surface area contributed by atoms with Crippen molar-refractivity contribution in [1.82, 2.24) is 20.3 Å². The summed E-state index contributed by atoms with van der Waals surface area (Å²) in [5, 5.41) is 3.86. The summed E-state index contributed by atoms with van der Waals surface area (Å²) in [6, 6.07) is 9.15. The molecular weight excluding hydrogens is 292 g/mol. The molecule has 3 aromatic heterocycles. The van der Waals surface area contributed by atoms with E-state index < -0.39 is 5.54 Å². The van der Waals surface area contributed by atoms with Crippen molar-refractivity contribution in [2.45, 2.75) is 19.4 Å². The predicted molar refractivity (Wildman–Crippen MR) is 87.4 cm³/mol. The highest BCUT2D eigenvalue weighted by molar-refractivity contribution is 5.97. The Morgan fingerprint density at radius 3 is 2.96 bits per heavy atom. The van der Waals surface area contributed by atoms with Gasteiger partial charge in [0.05, 0.1) is 11.1 Å². The first-order valence-corrected chi connectivity index (χ1v) is 7.33. The standard InChI is InChI=1S/C17H18N4O2/c1-17(2,11-23-14-5-3-4-7-18-14)21-16(22)13-9-12-6-8-19-15(12)20-10-13/h3-10H,11H2,1-2H3,(H,19,20)(H,21,22). The molecule has 2 N–H and O–H groups in total. The lowest BCUT2D eigenvalue weighted by Crippen LogP contribution is -2.47. The zero-order valence-electron chi connectivity index (χ0n) is 13.0. The Morgan fingerprint density at radius 2 is 2.17 bits per heavy atom. The number of carbonyl (C=O) groups excluding carboxylic acids is 1. The molecule has 0 saturated heterocycles. The molecule has 0 saturated carbocycles. The van der Waals surface area contributed by atoms with Crippen molar-refractivity contribution in [2.75, 3.05) is 6.61 Å². The first-order valence-electron chi connectivity index (χ1n) is 7.33. The third kappa shape index (κ3) is 3.66. The maximum absolute atomic E-state index is 12.4. The highest BCUT2D eigenvalue weighted by atomic mass is 16.5. The average molecular weight is 310 g/mol. The molecule has 0 aliphatic carbocycles. The van der Waals surface area contributed by atoms with Gasteiger partial charge in [0, 0.05) is 30.0 Å². The van der Waals surface area contributed by atoms with Gasteiger partial charge in [0.15, 0.2) is 0 Å². The first-order chi connectivity index (χ1) is 11.0. The van der Waals surface area contributed by atoms with E-state index in [1.54, 1.807) is 24.7 Å². The number of H-pyrrole nitrogens is 1. The quantitative estimate of drug-likeness (QED) is 0.759. The lowest BCUT2D eigenvalue weighted by molar-refractivity contribution is 0.0878. The molecule has 118 valence electrons. The van der Waals surface area contributed by atoms with Gasteiger partial charge in [-0.1, -0.05) is 6.07 Å². The SMILES string of the molecule is CC(C)(COc1ccccn1)NC(=O)c1cnc2[nH]ccc2c1. The van der Waals surface area contributed by atoms with Crippen molar-refractivity contribution in [3.8, 4) is 5.88 Å². The van der Waals surface area contributed by atoms with Crippen LogP contribution in [0.2, 0.25) is 0 Å². The van der Waals surface area contributed by atoms with Gasteiger partial charge in [-0.25, -0.2) is 9.97 Å². The average Bonchev–Trinajstić information content (AvgIpc) is 3.01. The van der Waals surface area contributed by atoms with Crippen molar-refractivity contribution in [2.24, 2.45) is 0 Å². The number of nitrogens with zero attached hydrogens (tertiary/aromatic N) is 2. The lowest BCUT2D eigenvalue weighted by atomic mass is 10.1. The van der Waals surface area contributed by atoms with Gasteiger partial charge in [0.25, 0.3) is 5.91 Å². The summed E-state index contributed by atoms with van der Waals surface area (Å²) < 4.78 is 5.62. The van der Waals surface area contributed by atoms with Crippen molar-refractivity contribution < 1.29 is 9.53 Å². The lowest BCUT2D eigenvalue weighted by Gasteiger charge is -2.26. The highest BCUT2D eigenvalue weighted by Gasteiger charge is 2.23. The van der Waals surface area contributed by atoms with Crippen LogP contribution >= 0.6 is 0 Å². The van der Waals surface area contributed by atoms with E-state index in [4.69, 9.17) is 4.74 Å². The summed E-state index contributed by atoms with van der Waals surface area (Å²) in [5.74, 6) is 0.348. The molecule has 0 atom stereocenters. The number of hydrogen-bond acceptors (Lipinski definition) is 4. The molecule has 0 aromatic carbocycles. The normalized spacial score (nSPS) is 11.4. The van der Waals surface area contributed by atoms with Gasteiger partial charge in [0.2, 0.25) is 5.88 Å². The van der Waals surface area contributed by atoms with E-state index in [-0.39, 0.29) is 5.91 Å². The third-order valence-electron chi connectivity index (χ3n) is 3.33. The van der Waals surface area contributed by atoms with Gasteiger partial charge in [-0.15, -0.1) is 0 Å². The number of aromatic amines is 1. The number of ether oxygens (including phenoxy) is 1. The van der Waals surface area contributed by atoms with Crippen LogP contribution in [0.5, 0.6) is 5.88 Å². The van der Waals surface area contributed by atoms with Crippen molar-refractivity contribution in [3.05, 3.63) is 54.5 Å². The maximum Gasteiger partial charge on any atom is 0.253 e. The van der Waals surface area contributed by atoms with E-state index in [0.29, 0.717) is 18.1 Å². The minimum absolute atomic E-state index is 0.185. The molecule has 0 unspecified atom stereocenters. The minimum atomic E-state index is -0.540. The second-order valence-electron chi connectivity index (χ2n) is 5.93. The molecule has 0 radical (unpaired) electrons. The molecule has 23 heavy (non-hydrogen) atoms. The number of fused-ring (bicyclic) bond motifs is 1. The van der Waals surface area contributed by atoms with Gasteiger partial charge in [-0.2, -0.15) is 0 Å². The Kier molecular flexibility index (Phi) is 3.97. The van der Waals surface area contributed by atoms with E-state index in [0.717, 1.165) is 11.0 Å². The largest absolute Gasteiger partial charge is 0.475 e. The topological polar surface area (TPSA) is 79.9 Å². The zero-order valence-corrected chi connectivity index (χ0v) is 13.0. The zero-order chi connectivity index (χ0) is 16.3. The Morgan fingerprint density at radius 1 is 1.30 bits per heavy atom. The first kappa shape index (κ1) is 15.0. The Balaban J connectivity index is 1.65. The van der Waals surface area contributed by atoms with Gasteiger partial charge >= 0.3 is 0 Å². The molecule has 0 bridgehead atoms. The van der Waals surface area contributed by atoms with Crippen molar-refractivity contribution in [3.63, 3.8) is 0 Å². The predicted octanol–water partition coefficient (Wildman–Crippen LogP) is 2.55. The molecule has 0 spiro atoms. The summed E-state index contributed by atoms with van der Waals surface area (Å²) in [7, 11) is 0. The van der Waals surface area contributed by atoms with Crippen molar-refractivity contribution in [1.29, 1.82) is 0 Å². The van der Waals surface area contributed by atoms with E-state index in [2.05, 4.69) is 20.3 Å². The molecular formula is C17H18N4O2. The highest BCUT2D eigenvalue weighted by Crippen LogP contribution is 2.13. The molecule has 0 aliphatic rings. The fourth-order valence-electron chi connectivity index (χ4n) is 2.17. The molecule has 0 aliphatic heterocycles. The van der Waals surface area contributed by atoms with Crippen LogP contribution in [0.3, 0.4) is 0 Å². The summed E-state index contributed by atoms with van der Waals surface area (Å²) in [6.45, 7) is 4.11. The minimum Gasteiger partial charge on any atom is -0.475 e. The number of amides is 1. The number of nitrogens with one attached hydrogen (secondary N) is 2. The monoisotopic (exact) mass is 310 g/mol. The van der Waals surface area contributed by atoms with Crippen LogP contribution < -0.4 is 10.1 Å². The number of carbonyl (C=O) groups is 1. The molecule has 3 heterocycles. The smallest absolute Gasteiger partial charge is 0.253 e. The van der Waals surface area contributed by atoms with E-state index in [1.165, 1.54) is 0 Å². The summed E-state index contributed by atoms with van der Waals surface area (Å²) in [4.78, 5) is 23.7. The fourth-order valence-corrected chi connectivity index (χ4v) is 2.17. The van der Waals surface area contributed by atoms with Crippen LogP contribution in [0, 0.1) is 0 Å². The van der Waals surface area contributed by atoms with Gasteiger partial charge < -0.3 is 15.0 Å². The molecule has 6 nitrogen and oxygen atoms in total. The second-order valence-corrected chi connectivity index (χ2v) is 5.93. The fraction of sp³-hybridized carbons (Fsp3) is 0.235. The molecule has 3 aromatic rings. The van der Waals surface area contributed by atoms with Gasteiger partial charge in [0.1, 0.15) is 12.3 Å². The van der Waals surface area contributed by atoms with E-state index in [1.807, 2.05) is 38.1 Å². The van der Waals surface area contributed by atoms with Crippen LogP contribution in [-0.4, -0.2) is 33.0 Å². The van der Waals surface area contributed by atoms with Crippen LogP contribution in [0.15, 0.2) is 48.9 Å². The van der Waals surface area contributed by atoms with Crippen LogP contribution in [-0.2, 0) is 0 Å². The third-order valence-corrected chi connectivity index (χ3v) is 3.33. The van der Waals surface area contributed by atoms with Gasteiger partial charge in [-0.3, -0.25) is 4.79 Å². The molecule has 1 amide bonds. The van der Waals surface area contributed by atoms with E-state index >= 15 is 0 Å². The van der Waals surface area contributed by atoms with Crippen LogP contribution in [0.4, 0.5) is 0 Å². The van der Waals surface area contributed by atoms with Crippen LogP contribution in [0.1, 0.15) is 24.2 Å². The van der Waals surface area contributed by atoms with Crippen LogP contribution in [0.25, 0.3) is 11.0 Å². The summed E-state index contributed by atoms with van der Waals surface area (Å²) >= 11 is 0. The second kappa shape index (κ2) is 6.08. The summed E-state index contributed by atoms with van der Waals surface area (Å²) in [5.41, 5.74) is 0.740. The van der Waals surface area contributed by atoms with E-state index in [9.17, 15) is 4.79 Å². The Labute approximate surface area is 133 Å². The number of rotatable bonds is 5. The number of aromatic nitrogens is 3. The van der Waals surface area contributed by atoms with Crippen molar-refractivity contribution >= 4 is 16.9 Å². The number of pyridine rings is 2. The summed E-state index contributed by atoms with van der Waals surface area (Å²) in [6.07, 6.45) is 5.02.